The van der Waals surface area contributed by atoms with Crippen LogP contribution in [0.4, 0.5) is 13.2 Å². The fourth-order valence-electron chi connectivity index (χ4n) is 2.25. The molecule has 0 aliphatic rings. The summed E-state index contributed by atoms with van der Waals surface area (Å²) in [5.41, 5.74) is -1.59. The fraction of sp³-hybridized carbons (Fsp3) is 0.125. The monoisotopic (exact) mass is 413 g/mol. The highest BCUT2D eigenvalue weighted by molar-refractivity contribution is 9.10. The van der Waals surface area contributed by atoms with E-state index in [1.807, 2.05) is 12.3 Å². The lowest BCUT2D eigenvalue weighted by atomic mass is 10.0. The standard InChI is InChI=1S/C16H11BrF3N3S/c17-14-9-21-10-15(23-7-1-6-22-23)13(14)8-11-2-4-12(5-3-11)24-16(18,19)20/h1-7,9-10H,8H2. The van der Waals surface area contributed by atoms with Gasteiger partial charge in [-0.3, -0.25) is 4.98 Å². The Morgan fingerprint density at radius 1 is 1.12 bits per heavy atom. The van der Waals surface area contributed by atoms with Crippen LogP contribution >= 0.6 is 27.7 Å². The number of nitrogens with zero attached hydrogens (tertiary/aromatic N) is 3. The molecule has 3 nitrogen and oxygen atoms in total. The molecule has 8 heteroatoms. The molecule has 0 bridgehead atoms. The Balaban J connectivity index is 1.87. The third kappa shape index (κ3) is 4.18. The first-order valence-electron chi connectivity index (χ1n) is 6.89. The molecule has 0 N–H and O–H groups in total. The lowest BCUT2D eigenvalue weighted by molar-refractivity contribution is -0.0328. The SMILES string of the molecule is FC(F)(F)Sc1ccc(Cc2c(Br)cncc2-n2cccn2)cc1. The summed E-state index contributed by atoms with van der Waals surface area (Å²) in [7, 11) is 0. The van der Waals surface area contributed by atoms with Crippen molar-refractivity contribution in [3.63, 3.8) is 0 Å². The van der Waals surface area contributed by atoms with Crippen molar-refractivity contribution >= 4 is 27.7 Å². The summed E-state index contributed by atoms with van der Waals surface area (Å²) in [6.07, 6.45) is 7.44. The number of halogens is 4. The third-order valence-corrected chi connectivity index (χ3v) is 4.69. The molecule has 0 aliphatic heterocycles. The van der Waals surface area contributed by atoms with Crippen LogP contribution < -0.4 is 0 Å². The molecule has 0 unspecified atom stereocenters. The van der Waals surface area contributed by atoms with Crippen LogP contribution in [0.2, 0.25) is 0 Å². The molecular formula is C16H11BrF3N3S. The molecule has 0 saturated heterocycles. The first kappa shape index (κ1) is 17.0. The number of hydrogen-bond acceptors (Lipinski definition) is 3. The predicted octanol–water partition coefficient (Wildman–Crippen LogP) is 5.23. The highest BCUT2D eigenvalue weighted by Crippen LogP contribution is 2.37. The fourth-order valence-corrected chi connectivity index (χ4v) is 3.25. The van der Waals surface area contributed by atoms with Crippen LogP contribution in [-0.2, 0) is 6.42 Å². The minimum atomic E-state index is -4.27. The summed E-state index contributed by atoms with van der Waals surface area (Å²) in [6, 6.07) is 8.18. The maximum Gasteiger partial charge on any atom is 0.446 e. The minimum Gasteiger partial charge on any atom is -0.261 e. The maximum atomic E-state index is 12.4. The van der Waals surface area contributed by atoms with E-state index in [1.54, 1.807) is 35.4 Å². The van der Waals surface area contributed by atoms with Crippen LogP contribution in [0.3, 0.4) is 0 Å². The zero-order valence-corrected chi connectivity index (χ0v) is 14.6. The van der Waals surface area contributed by atoms with Gasteiger partial charge in [0.25, 0.3) is 0 Å². The molecule has 124 valence electrons. The highest BCUT2D eigenvalue weighted by atomic mass is 79.9. The Bertz CT molecular complexity index is 818. The van der Waals surface area contributed by atoms with E-state index in [1.165, 1.54) is 12.1 Å². The second kappa shape index (κ2) is 6.98. The lowest BCUT2D eigenvalue weighted by Crippen LogP contribution is -2.03. The summed E-state index contributed by atoms with van der Waals surface area (Å²) >= 11 is 3.37. The summed E-state index contributed by atoms with van der Waals surface area (Å²) < 4.78 is 39.7. The van der Waals surface area contributed by atoms with Crippen molar-refractivity contribution in [2.75, 3.05) is 0 Å². The van der Waals surface area contributed by atoms with E-state index < -0.39 is 5.51 Å². The average molecular weight is 414 g/mol. The van der Waals surface area contributed by atoms with E-state index in [9.17, 15) is 13.2 Å². The van der Waals surface area contributed by atoms with Gasteiger partial charge in [0.05, 0.1) is 11.9 Å². The number of thioether (sulfide) groups is 1. The minimum absolute atomic E-state index is 0.113. The van der Waals surface area contributed by atoms with E-state index >= 15 is 0 Å². The Hall–Kier alpha value is -1.80. The lowest BCUT2D eigenvalue weighted by Gasteiger charge is -2.12. The second-order valence-electron chi connectivity index (χ2n) is 4.94. The zero-order valence-electron chi connectivity index (χ0n) is 12.2. The Kier molecular flexibility index (Phi) is 4.96. The van der Waals surface area contributed by atoms with E-state index in [-0.39, 0.29) is 16.7 Å². The predicted molar refractivity (Wildman–Crippen MR) is 90.2 cm³/mol. The van der Waals surface area contributed by atoms with Crippen LogP contribution in [0, 0.1) is 0 Å². The Morgan fingerprint density at radius 2 is 1.88 bits per heavy atom. The van der Waals surface area contributed by atoms with E-state index in [0.717, 1.165) is 21.3 Å². The van der Waals surface area contributed by atoms with Crippen molar-refractivity contribution < 1.29 is 13.2 Å². The topological polar surface area (TPSA) is 30.7 Å². The molecule has 2 heterocycles. The first-order chi connectivity index (χ1) is 11.4. The van der Waals surface area contributed by atoms with Crippen LogP contribution in [0.25, 0.3) is 5.69 Å². The van der Waals surface area contributed by atoms with Crippen LogP contribution in [-0.4, -0.2) is 20.3 Å². The molecule has 0 atom stereocenters. The molecular weight excluding hydrogens is 403 g/mol. The van der Waals surface area contributed by atoms with Gasteiger partial charge in [-0.15, -0.1) is 0 Å². The number of pyridine rings is 1. The van der Waals surface area contributed by atoms with Gasteiger partial charge in [0.1, 0.15) is 0 Å². The van der Waals surface area contributed by atoms with Gasteiger partial charge in [0.2, 0.25) is 0 Å². The Morgan fingerprint density at radius 3 is 2.50 bits per heavy atom. The molecule has 0 fully saturated rings. The molecule has 2 aromatic heterocycles. The number of hydrogen-bond donors (Lipinski definition) is 0. The molecule has 3 aromatic rings. The molecule has 0 radical (unpaired) electrons. The van der Waals surface area contributed by atoms with Gasteiger partial charge >= 0.3 is 5.51 Å². The highest BCUT2D eigenvalue weighted by Gasteiger charge is 2.29. The van der Waals surface area contributed by atoms with E-state index in [4.69, 9.17) is 0 Å². The molecule has 0 amide bonds. The molecule has 24 heavy (non-hydrogen) atoms. The van der Waals surface area contributed by atoms with Crippen LogP contribution in [0.5, 0.6) is 0 Å². The van der Waals surface area contributed by atoms with Gasteiger partial charge in [-0.1, -0.05) is 12.1 Å². The maximum absolute atomic E-state index is 12.4. The summed E-state index contributed by atoms with van der Waals surface area (Å²) in [5.74, 6) is 0. The number of aromatic nitrogens is 3. The van der Waals surface area contributed by atoms with Gasteiger partial charge in [0.15, 0.2) is 0 Å². The molecule has 3 rings (SSSR count). The summed E-state index contributed by atoms with van der Waals surface area (Å²) in [6.45, 7) is 0. The van der Waals surface area contributed by atoms with Gasteiger partial charge in [-0.05, 0) is 57.0 Å². The van der Waals surface area contributed by atoms with Gasteiger partial charge < -0.3 is 0 Å². The second-order valence-corrected chi connectivity index (χ2v) is 6.93. The largest absolute Gasteiger partial charge is 0.446 e. The van der Waals surface area contributed by atoms with Crippen molar-refractivity contribution in [1.29, 1.82) is 0 Å². The van der Waals surface area contributed by atoms with Crippen LogP contribution in [0.1, 0.15) is 11.1 Å². The van der Waals surface area contributed by atoms with Crippen molar-refractivity contribution in [3.05, 3.63) is 70.7 Å². The van der Waals surface area contributed by atoms with Gasteiger partial charge in [-0.25, -0.2) is 4.68 Å². The molecule has 1 aromatic carbocycles. The molecule has 0 spiro atoms. The van der Waals surface area contributed by atoms with Crippen molar-refractivity contribution in [2.24, 2.45) is 0 Å². The van der Waals surface area contributed by atoms with Crippen molar-refractivity contribution in [2.45, 2.75) is 16.8 Å². The smallest absolute Gasteiger partial charge is 0.261 e. The number of benzene rings is 1. The number of alkyl halides is 3. The quantitative estimate of drug-likeness (QED) is 0.548. The summed E-state index contributed by atoms with van der Waals surface area (Å²) in [5, 5.41) is 4.21. The summed E-state index contributed by atoms with van der Waals surface area (Å²) in [4.78, 5) is 4.33. The van der Waals surface area contributed by atoms with Crippen LogP contribution in [0.15, 0.2) is 64.5 Å². The third-order valence-electron chi connectivity index (χ3n) is 3.27. The molecule has 0 aliphatic carbocycles. The van der Waals surface area contributed by atoms with Crippen molar-refractivity contribution in [1.82, 2.24) is 14.8 Å². The van der Waals surface area contributed by atoms with Gasteiger partial charge in [0, 0.05) is 34.4 Å². The number of rotatable bonds is 4. The van der Waals surface area contributed by atoms with Gasteiger partial charge in [-0.2, -0.15) is 18.3 Å². The Labute approximate surface area is 149 Å². The normalized spacial score (nSPS) is 11.7. The van der Waals surface area contributed by atoms with E-state index in [2.05, 4.69) is 26.0 Å². The van der Waals surface area contributed by atoms with Crippen molar-refractivity contribution in [3.8, 4) is 5.69 Å². The zero-order chi connectivity index (χ0) is 17.2. The average Bonchev–Trinajstić information content (AvgIpc) is 3.04. The molecule has 0 saturated carbocycles. The first-order valence-corrected chi connectivity index (χ1v) is 8.50. The van der Waals surface area contributed by atoms with E-state index in [0.29, 0.717) is 6.42 Å².